The molecule has 0 aliphatic rings. The number of benzene rings is 2. The Morgan fingerprint density at radius 2 is 1.97 bits per heavy atom. The lowest BCUT2D eigenvalue weighted by atomic mass is 10.1. The Balaban J connectivity index is 1.28. The number of nitrogens with zero attached hydrogens (tertiary/aromatic N) is 4. The summed E-state index contributed by atoms with van der Waals surface area (Å²) in [4.78, 5) is 22.3. The maximum absolute atomic E-state index is 12.4. The predicted molar refractivity (Wildman–Crippen MR) is 136 cm³/mol. The van der Waals surface area contributed by atoms with Gasteiger partial charge in [-0.3, -0.25) is 9.48 Å². The van der Waals surface area contributed by atoms with E-state index in [2.05, 4.69) is 31.6 Å². The quantitative estimate of drug-likeness (QED) is 0.346. The number of aryl methyl sites for hydroxylation is 1. The molecular weight excluding hydrogens is 444 g/mol. The van der Waals surface area contributed by atoms with Crippen molar-refractivity contribution in [2.24, 2.45) is 7.05 Å². The van der Waals surface area contributed by atoms with E-state index in [0.717, 1.165) is 43.3 Å². The zero-order valence-corrected chi connectivity index (χ0v) is 19.1. The van der Waals surface area contributed by atoms with Crippen molar-refractivity contribution < 1.29 is 4.79 Å². The largest absolute Gasteiger partial charge is 0.339 e. The van der Waals surface area contributed by atoms with Crippen LogP contribution < -0.4 is 10.6 Å². The average Bonchev–Trinajstić information content (AvgIpc) is 3.47. The Kier molecular flexibility index (Phi) is 5.77. The van der Waals surface area contributed by atoms with Crippen molar-refractivity contribution >= 4 is 44.7 Å². The van der Waals surface area contributed by atoms with Crippen molar-refractivity contribution in [2.45, 2.75) is 6.42 Å². The van der Waals surface area contributed by atoms with Gasteiger partial charge in [0.15, 0.2) is 5.82 Å². The van der Waals surface area contributed by atoms with Crippen molar-refractivity contribution in [3.05, 3.63) is 84.4 Å². The molecule has 3 heterocycles. The molecule has 0 unspecified atom stereocenters. The van der Waals surface area contributed by atoms with Crippen LogP contribution in [0.15, 0.2) is 73.3 Å². The summed E-state index contributed by atoms with van der Waals surface area (Å²) in [5, 5.41) is 10.5. The highest BCUT2D eigenvalue weighted by molar-refractivity contribution is 7.22. The molecule has 0 fully saturated rings. The van der Waals surface area contributed by atoms with E-state index in [1.54, 1.807) is 28.4 Å². The lowest BCUT2D eigenvalue weighted by Crippen LogP contribution is -2.14. The van der Waals surface area contributed by atoms with Gasteiger partial charge in [0.05, 0.1) is 22.8 Å². The molecule has 166 valence electrons. The Labute approximate surface area is 200 Å². The minimum atomic E-state index is -0.103. The lowest BCUT2D eigenvalue weighted by molar-refractivity contribution is -0.115. The van der Waals surface area contributed by atoms with Gasteiger partial charge in [0.2, 0.25) is 5.91 Å². The molecule has 1 amide bonds. The first-order chi connectivity index (χ1) is 16.6. The number of anilines is 3. The van der Waals surface area contributed by atoms with Crippen molar-refractivity contribution in [3.8, 4) is 22.8 Å². The van der Waals surface area contributed by atoms with Crippen LogP contribution in [0.5, 0.6) is 0 Å². The molecule has 2 N–H and O–H groups in total. The van der Waals surface area contributed by atoms with E-state index in [1.165, 1.54) is 0 Å². The Morgan fingerprint density at radius 1 is 1.12 bits per heavy atom. The predicted octanol–water partition coefficient (Wildman–Crippen LogP) is 5.00. The molecule has 0 aliphatic heterocycles. The second-order valence-electron chi connectivity index (χ2n) is 7.72. The number of aromatic nitrogens is 4. The average molecular weight is 465 g/mol. The second-order valence-corrected chi connectivity index (χ2v) is 8.77. The molecular formula is C26H20N6OS. The summed E-state index contributed by atoms with van der Waals surface area (Å²) in [6.07, 6.45) is 11.1. The van der Waals surface area contributed by atoms with E-state index in [0.29, 0.717) is 5.69 Å². The number of carbonyl (C=O) groups excluding carboxylic acids is 1. The fourth-order valence-corrected chi connectivity index (χ4v) is 4.58. The number of hydrogen-bond acceptors (Lipinski definition) is 6. The molecule has 0 atom stereocenters. The highest BCUT2D eigenvalue weighted by atomic mass is 32.1. The van der Waals surface area contributed by atoms with Crippen LogP contribution in [0.25, 0.3) is 20.7 Å². The third-order valence-electron chi connectivity index (χ3n) is 5.19. The van der Waals surface area contributed by atoms with E-state index >= 15 is 0 Å². The van der Waals surface area contributed by atoms with Gasteiger partial charge in [-0.25, -0.2) is 9.97 Å². The highest BCUT2D eigenvalue weighted by Gasteiger charge is 2.12. The molecule has 3 aromatic heterocycles. The standard InChI is InChI=1S/C26H20N6OS/c1-3-17-5-4-6-21(11-17)30-24(33)12-18-7-9-20(10-8-18)31-26-25-22(27-16-28-26)13-23(34-25)19-14-29-32(2)15-19/h1,4-11,13-16H,12H2,2H3,(H,30,33)(H,27,28,31). The van der Waals surface area contributed by atoms with Crippen LogP contribution >= 0.6 is 11.3 Å². The van der Waals surface area contributed by atoms with Gasteiger partial charge in [0.1, 0.15) is 6.33 Å². The topological polar surface area (TPSA) is 84.7 Å². The van der Waals surface area contributed by atoms with E-state index in [4.69, 9.17) is 6.42 Å². The number of carbonyl (C=O) groups is 1. The maximum Gasteiger partial charge on any atom is 0.228 e. The summed E-state index contributed by atoms with van der Waals surface area (Å²) in [6.45, 7) is 0. The van der Waals surface area contributed by atoms with Crippen LogP contribution in [0.2, 0.25) is 0 Å². The molecule has 0 bridgehead atoms. The molecule has 7 nitrogen and oxygen atoms in total. The van der Waals surface area contributed by atoms with Crippen molar-refractivity contribution in [2.75, 3.05) is 10.6 Å². The monoisotopic (exact) mass is 464 g/mol. The van der Waals surface area contributed by atoms with Crippen LogP contribution in [0.4, 0.5) is 17.2 Å². The SMILES string of the molecule is C#Cc1cccc(NC(=O)Cc2ccc(Nc3ncnc4cc(-c5cnn(C)c5)sc34)cc2)c1. The van der Waals surface area contributed by atoms with Gasteiger partial charge in [-0.05, 0) is 42.0 Å². The molecule has 0 saturated heterocycles. The van der Waals surface area contributed by atoms with Gasteiger partial charge in [-0.15, -0.1) is 17.8 Å². The van der Waals surface area contributed by atoms with Crippen LogP contribution in [0.3, 0.4) is 0 Å². The van der Waals surface area contributed by atoms with Gasteiger partial charge in [0, 0.05) is 40.6 Å². The van der Waals surface area contributed by atoms with Crippen LogP contribution in [-0.2, 0) is 18.3 Å². The van der Waals surface area contributed by atoms with Gasteiger partial charge in [-0.2, -0.15) is 5.10 Å². The summed E-state index contributed by atoms with van der Waals surface area (Å²) >= 11 is 1.62. The van der Waals surface area contributed by atoms with E-state index < -0.39 is 0 Å². The van der Waals surface area contributed by atoms with Gasteiger partial charge in [-0.1, -0.05) is 24.1 Å². The van der Waals surface area contributed by atoms with Crippen molar-refractivity contribution in [1.82, 2.24) is 19.7 Å². The Hall–Kier alpha value is -4.48. The molecule has 5 rings (SSSR count). The van der Waals surface area contributed by atoms with Crippen molar-refractivity contribution in [1.29, 1.82) is 0 Å². The summed E-state index contributed by atoms with van der Waals surface area (Å²) in [7, 11) is 1.90. The second kappa shape index (κ2) is 9.17. The Morgan fingerprint density at radius 3 is 2.74 bits per heavy atom. The molecule has 8 heteroatoms. The third kappa shape index (κ3) is 4.65. The molecule has 34 heavy (non-hydrogen) atoms. The number of thiophene rings is 1. The molecule has 2 aromatic carbocycles. The zero-order chi connectivity index (χ0) is 23.5. The van der Waals surface area contributed by atoms with Crippen LogP contribution in [0.1, 0.15) is 11.1 Å². The Bertz CT molecular complexity index is 1530. The number of rotatable bonds is 6. The number of amides is 1. The van der Waals surface area contributed by atoms with Crippen LogP contribution in [0, 0.1) is 12.3 Å². The first-order valence-electron chi connectivity index (χ1n) is 10.5. The first kappa shape index (κ1) is 21.4. The highest BCUT2D eigenvalue weighted by Crippen LogP contribution is 2.36. The third-order valence-corrected chi connectivity index (χ3v) is 6.38. The minimum Gasteiger partial charge on any atom is -0.339 e. The summed E-state index contributed by atoms with van der Waals surface area (Å²) in [5.41, 5.74) is 5.12. The lowest BCUT2D eigenvalue weighted by Gasteiger charge is -2.08. The molecule has 0 spiro atoms. The van der Waals surface area contributed by atoms with Gasteiger partial charge in [0.25, 0.3) is 0 Å². The van der Waals surface area contributed by atoms with E-state index in [1.807, 2.05) is 68.0 Å². The zero-order valence-electron chi connectivity index (χ0n) is 18.3. The number of hydrogen-bond donors (Lipinski definition) is 2. The first-order valence-corrected chi connectivity index (χ1v) is 11.3. The molecule has 0 aliphatic carbocycles. The normalized spacial score (nSPS) is 10.7. The number of terminal acetylenes is 1. The number of nitrogens with one attached hydrogen (secondary N) is 2. The van der Waals surface area contributed by atoms with E-state index in [-0.39, 0.29) is 12.3 Å². The molecule has 0 radical (unpaired) electrons. The molecule has 0 saturated carbocycles. The smallest absolute Gasteiger partial charge is 0.228 e. The van der Waals surface area contributed by atoms with Gasteiger partial charge >= 0.3 is 0 Å². The summed E-state index contributed by atoms with van der Waals surface area (Å²) in [6, 6.07) is 17.0. The summed E-state index contributed by atoms with van der Waals surface area (Å²) < 4.78 is 2.75. The maximum atomic E-state index is 12.4. The fraction of sp³-hybridized carbons (Fsp3) is 0.0769. The minimum absolute atomic E-state index is 0.103. The number of fused-ring (bicyclic) bond motifs is 1. The van der Waals surface area contributed by atoms with Gasteiger partial charge < -0.3 is 10.6 Å². The van der Waals surface area contributed by atoms with Crippen LogP contribution in [-0.4, -0.2) is 25.7 Å². The summed E-state index contributed by atoms with van der Waals surface area (Å²) in [5.74, 6) is 3.20. The fourth-order valence-electron chi connectivity index (χ4n) is 3.55. The van der Waals surface area contributed by atoms with E-state index in [9.17, 15) is 4.79 Å². The van der Waals surface area contributed by atoms with Crippen molar-refractivity contribution in [3.63, 3.8) is 0 Å². The molecule has 5 aromatic rings.